The number of carbonyl (C=O) groups is 1. The Morgan fingerprint density at radius 2 is 2.17 bits per heavy atom. The van der Waals surface area contributed by atoms with Gasteiger partial charge in [0.05, 0.1) is 0 Å². The first-order chi connectivity index (χ1) is 5.79. The molecule has 0 bridgehead atoms. The van der Waals surface area contributed by atoms with Gasteiger partial charge in [0, 0.05) is 12.8 Å². The Morgan fingerprint density at radius 3 is 3.00 bits per heavy atom. The van der Waals surface area contributed by atoms with E-state index in [1.54, 1.807) is 0 Å². The number of carbonyl (C=O) groups excluding carboxylic acids is 1. The van der Waals surface area contributed by atoms with Crippen LogP contribution in [0.15, 0.2) is 12.2 Å². The molecule has 68 valence electrons. The van der Waals surface area contributed by atoms with Gasteiger partial charge in [-0.15, -0.1) is 0 Å². The van der Waals surface area contributed by atoms with Crippen LogP contribution >= 0.6 is 0 Å². The highest BCUT2D eigenvalue weighted by Gasteiger charge is 2.05. The first-order valence-electron chi connectivity index (χ1n) is 4.97. The van der Waals surface area contributed by atoms with E-state index in [9.17, 15) is 4.79 Å². The van der Waals surface area contributed by atoms with E-state index in [2.05, 4.69) is 19.1 Å². The lowest BCUT2D eigenvalue weighted by molar-refractivity contribution is -0.119. The largest absolute Gasteiger partial charge is 0.300 e. The quantitative estimate of drug-likeness (QED) is 0.505. The van der Waals surface area contributed by atoms with Crippen LogP contribution in [0, 0.1) is 5.92 Å². The third-order valence-electron chi connectivity index (χ3n) is 2.42. The first-order valence-corrected chi connectivity index (χ1v) is 4.97. The van der Waals surface area contributed by atoms with Crippen molar-refractivity contribution in [3.05, 3.63) is 12.2 Å². The van der Waals surface area contributed by atoms with Crippen LogP contribution in [0.25, 0.3) is 0 Å². The van der Waals surface area contributed by atoms with Gasteiger partial charge in [0.15, 0.2) is 0 Å². The Bertz CT molecular complexity index is 170. The number of rotatable bonds is 0. The third-order valence-corrected chi connectivity index (χ3v) is 2.42. The fraction of sp³-hybridized carbons (Fsp3) is 0.727. The van der Waals surface area contributed by atoms with Gasteiger partial charge in [-0.2, -0.15) is 0 Å². The predicted molar refractivity (Wildman–Crippen MR) is 51.0 cm³/mol. The van der Waals surface area contributed by atoms with Gasteiger partial charge >= 0.3 is 0 Å². The van der Waals surface area contributed by atoms with E-state index in [0.29, 0.717) is 11.7 Å². The zero-order valence-electron chi connectivity index (χ0n) is 7.88. The zero-order chi connectivity index (χ0) is 8.81. The van der Waals surface area contributed by atoms with E-state index in [1.165, 1.54) is 6.42 Å². The van der Waals surface area contributed by atoms with Crippen molar-refractivity contribution in [2.24, 2.45) is 5.92 Å². The van der Waals surface area contributed by atoms with E-state index < -0.39 is 0 Å². The third kappa shape index (κ3) is 3.70. The molecule has 0 saturated heterocycles. The zero-order valence-corrected chi connectivity index (χ0v) is 7.88. The Balaban J connectivity index is 2.40. The topological polar surface area (TPSA) is 17.1 Å². The molecule has 0 aromatic rings. The Hall–Kier alpha value is -0.590. The summed E-state index contributed by atoms with van der Waals surface area (Å²) in [6, 6.07) is 0. The highest BCUT2D eigenvalue weighted by Crippen LogP contribution is 2.13. The van der Waals surface area contributed by atoms with Crippen molar-refractivity contribution in [2.75, 3.05) is 0 Å². The molecular formula is C11H18O. The van der Waals surface area contributed by atoms with Crippen molar-refractivity contribution in [3.8, 4) is 0 Å². The number of hydrogen-bond donors (Lipinski definition) is 0. The van der Waals surface area contributed by atoms with Crippen LogP contribution in [0.4, 0.5) is 0 Å². The van der Waals surface area contributed by atoms with E-state index in [1.807, 2.05) is 0 Å². The molecule has 0 saturated carbocycles. The minimum Gasteiger partial charge on any atom is -0.300 e. The van der Waals surface area contributed by atoms with Crippen LogP contribution in [0.5, 0.6) is 0 Å². The molecule has 0 amide bonds. The van der Waals surface area contributed by atoms with Crippen molar-refractivity contribution < 1.29 is 4.79 Å². The van der Waals surface area contributed by atoms with Crippen molar-refractivity contribution in [1.29, 1.82) is 0 Å². The van der Waals surface area contributed by atoms with Gasteiger partial charge in [0.25, 0.3) is 0 Å². The number of Topliss-reactive ketones (excluding diaryl/α,β-unsaturated/α-hetero) is 1. The summed E-state index contributed by atoms with van der Waals surface area (Å²) in [5, 5.41) is 0. The molecular weight excluding hydrogens is 148 g/mol. The van der Waals surface area contributed by atoms with E-state index in [-0.39, 0.29) is 0 Å². The standard InChI is InChI=1S/C11H18O/c1-10-6-4-2-3-5-7-11(12)9-8-10/h4,6,10H,2-3,5,7-9H2,1H3/b6-4-. The molecule has 0 fully saturated rings. The van der Waals surface area contributed by atoms with Gasteiger partial charge < -0.3 is 0 Å². The van der Waals surface area contributed by atoms with E-state index in [4.69, 9.17) is 0 Å². The lowest BCUT2D eigenvalue weighted by Gasteiger charge is -2.07. The first kappa shape index (κ1) is 9.50. The number of allylic oxidation sites excluding steroid dienone is 2. The summed E-state index contributed by atoms with van der Waals surface area (Å²) in [5.74, 6) is 1.05. The molecule has 0 aromatic carbocycles. The molecule has 12 heavy (non-hydrogen) atoms. The maximum atomic E-state index is 11.2. The number of hydrogen-bond acceptors (Lipinski definition) is 1. The Kier molecular flexibility index (Phi) is 4.06. The second-order valence-corrected chi connectivity index (χ2v) is 3.73. The molecule has 0 heterocycles. The molecule has 1 aliphatic carbocycles. The summed E-state index contributed by atoms with van der Waals surface area (Å²) in [5.41, 5.74) is 0. The van der Waals surface area contributed by atoms with Gasteiger partial charge in [0.1, 0.15) is 5.78 Å². The SMILES string of the molecule is CC1/C=C\CCCCC(=O)CC1. The summed E-state index contributed by atoms with van der Waals surface area (Å²) in [6.07, 6.45) is 10.5. The average Bonchev–Trinajstić information content (AvgIpc) is 2.07. The predicted octanol–water partition coefficient (Wildman–Crippen LogP) is 3.10. The van der Waals surface area contributed by atoms with Crippen LogP contribution in [0.1, 0.15) is 45.4 Å². The fourth-order valence-electron chi connectivity index (χ4n) is 1.52. The fourth-order valence-corrected chi connectivity index (χ4v) is 1.52. The summed E-state index contributed by atoms with van der Waals surface area (Å²) < 4.78 is 0. The summed E-state index contributed by atoms with van der Waals surface area (Å²) in [6.45, 7) is 2.19. The molecule has 1 nitrogen and oxygen atoms in total. The average molecular weight is 166 g/mol. The van der Waals surface area contributed by atoms with Crippen LogP contribution in [0.2, 0.25) is 0 Å². The van der Waals surface area contributed by atoms with Crippen LogP contribution < -0.4 is 0 Å². The lowest BCUT2D eigenvalue weighted by atomic mass is 9.98. The second kappa shape index (κ2) is 5.13. The van der Waals surface area contributed by atoms with Gasteiger partial charge in [-0.1, -0.05) is 19.1 Å². The van der Waals surface area contributed by atoms with Crippen molar-refractivity contribution in [3.63, 3.8) is 0 Å². The molecule has 1 atom stereocenters. The van der Waals surface area contributed by atoms with Crippen molar-refractivity contribution in [2.45, 2.75) is 45.4 Å². The van der Waals surface area contributed by atoms with Gasteiger partial charge in [-0.25, -0.2) is 0 Å². The minimum absolute atomic E-state index is 0.456. The van der Waals surface area contributed by atoms with E-state index in [0.717, 1.165) is 32.1 Å². The molecule has 1 rings (SSSR count). The maximum Gasteiger partial charge on any atom is 0.132 e. The summed E-state index contributed by atoms with van der Waals surface area (Å²) in [7, 11) is 0. The highest BCUT2D eigenvalue weighted by molar-refractivity contribution is 5.78. The van der Waals surface area contributed by atoms with Crippen LogP contribution in [-0.2, 0) is 4.79 Å². The Morgan fingerprint density at radius 1 is 1.33 bits per heavy atom. The van der Waals surface area contributed by atoms with Gasteiger partial charge in [-0.05, 0) is 31.6 Å². The second-order valence-electron chi connectivity index (χ2n) is 3.73. The molecule has 1 aliphatic rings. The smallest absolute Gasteiger partial charge is 0.132 e. The van der Waals surface area contributed by atoms with Gasteiger partial charge in [-0.3, -0.25) is 4.79 Å². The lowest BCUT2D eigenvalue weighted by Crippen LogP contribution is -2.02. The molecule has 0 aromatic heterocycles. The summed E-state index contributed by atoms with van der Waals surface area (Å²) in [4.78, 5) is 11.2. The molecule has 1 heteroatoms. The maximum absolute atomic E-state index is 11.2. The molecule has 0 aliphatic heterocycles. The van der Waals surface area contributed by atoms with Gasteiger partial charge in [0.2, 0.25) is 0 Å². The minimum atomic E-state index is 0.456. The highest BCUT2D eigenvalue weighted by atomic mass is 16.1. The molecule has 0 radical (unpaired) electrons. The number of ketones is 1. The van der Waals surface area contributed by atoms with Crippen LogP contribution in [-0.4, -0.2) is 5.78 Å². The molecule has 0 N–H and O–H groups in total. The van der Waals surface area contributed by atoms with Crippen LogP contribution in [0.3, 0.4) is 0 Å². The van der Waals surface area contributed by atoms with Crippen molar-refractivity contribution >= 4 is 5.78 Å². The Labute approximate surface area is 74.9 Å². The molecule has 1 unspecified atom stereocenters. The van der Waals surface area contributed by atoms with E-state index >= 15 is 0 Å². The normalized spacial score (nSPS) is 29.8. The summed E-state index contributed by atoms with van der Waals surface area (Å²) >= 11 is 0. The van der Waals surface area contributed by atoms with Crippen molar-refractivity contribution in [1.82, 2.24) is 0 Å². The monoisotopic (exact) mass is 166 g/mol. The molecule has 0 spiro atoms.